The first-order valence-electron chi connectivity index (χ1n) is 10.7. The number of anilines is 1. The molecule has 1 saturated heterocycles. The highest BCUT2D eigenvalue weighted by Crippen LogP contribution is 2.29. The second-order valence-corrected chi connectivity index (χ2v) is 9.93. The number of para-hydroxylation sites is 1. The number of hydrogen-bond acceptors (Lipinski definition) is 5. The highest BCUT2D eigenvalue weighted by atomic mass is 32.2. The Labute approximate surface area is 186 Å². The molecule has 2 aromatic rings. The summed E-state index contributed by atoms with van der Waals surface area (Å²) in [4.78, 5) is 26.5. The summed E-state index contributed by atoms with van der Waals surface area (Å²) in [5.41, 5.74) is 1.71. The van der Waals surface area contributed by atoms with Gasteiger partial charge in [-0.3, -0.25) is 4.79 Å². The van der Waals surface area contributed by atoms with Gasteiger partial charge in [0.2, 0.25) is 10.0 Å². The van der Waals surface area contributed by atoms with Crippen LogP contribution in [0.3, 0.4) is 0 Å². The minimum atomic E-state index is -4.06. The minimum absolute atomic E-state index is 0.122. The molecule has 0 unspecified atom stereocenters. The molecule has 0 N–H and O–H groups in total. The van der Waals surface area contributed by atoms with Crippen LogP contribution in [0.25, 0.3) is 0 Å². The van der Waals surface area contributed by atoms with Gasteiger partial charge in [0.05, 0.1) is 5.56 Å². The van der Waals surface area contributed by atoms with Crippen LogP contribution in [0.5, 0.6) is 0 Å². The molecule has 0 bridgehead atoms. The maximum Gasteiger partial charge on any atom is 0.338 e. The third-order valence-corrected chi connectivity index (χ3v) is 7.80. The molecule has 4 rings (SSSR count). The van der Waals surface area contributed by atoms with E-state index in [2.05, 4.69) is 0 Å². The van der Waals surface area contributed by atoms with Gasteiger partial charge in [0.25, 0.3) is 5.91 Å². The maximum atomic E-state index is 14.4. The Bertz CT molecular complexity index is 1140. The molecule has 0 radical (unpaired) electrons. The molecular formula is C23H25FN2O5S. The number of ether oxygens (including phenoxy) is 1. The lowest BCUT2D eigenvalue weighted by Crippen LogP contribution is -2.39. The molecule has 9 heteroatoms. The van der Waals surface area contributed by atoms with E-state index in [1.54, 1.807) is 4.90 Å². The molecule has 0 spiro atoms. The number of piperidine rings is 1. The van der Waals surface area contributed by atoms with E-state index in [9.17, 15) is 22.4 Å². The zero-order chi connectivity index (χ0) is 22.9. The average molecular weight is 461 g/mol. The van der Waals surface area contributed by atoms with Gasteiger partial charge in [0.1, 0.15) is 10.7 Å². The Morgan fingerprint density at radius 1 is 1.03 bits per heavy atom. The Kier molecular flexibility index (Phi) is 6.30. The van der Waals surface area contributed by atoms with Crippen LogP contribution in [0.15, 0.2) is 47.4 Å². The number of esters is 1. The van der Waals surface area contributed by atoms with Crippen molar-refractivity contribution in [3.63, 3.8) is 0 Å². The minimum Gasteiger partial charge on any atom is -0.449 e. The zero-order valence-corrected chi connectivity index (χ0v) is 18.6. The summed E-state index contributed by atoms with van der Waals surface area (Å²) in [6, 6.07) is 10.6. The van der Waals surface area contributed by atoms with E-state index in [0.717, 1.165) is 42.3 Å². The Hall–Kier alpha value is -2.78. The van der Waals surface area contributed by atoms with Gasteiger partial charge < -0.3 is 9.64 Å². The molecular weight excluding hydrogens is 435 g/mol. The average Bonchev–Trinajstić information content (AvgIpc) is 3.23. The van der Waals surface area contributed by atoms with Gasteiger partial charge in [-0.05, 0) is 56.0 Å². The molecule has 32 heavy (non-hydrogen) atoms. The summed E-state index contributed by atoms with van der Waals surface area (Å²) < 4.78 is 46.7. The van der Waals surface area contributed by atoms with Crippen molar-refractivity contribution in [3.8, 4) is 0 Å². The van der Waals surface area contributed by atoms with Crippen LogP contribution in [0.4, 0.5) is 10.1 Å². The van der Waals surface area contributed by atoms with Crippen LogP contribution in [-0.2, 0) is 26.0 Å². The van der Waals surface area contributed by atoms with Crippen molar-refractivity contribution in [1.29, 1.82) is 0 Å². The quantitative estimate of drug-likeness (QED) is 0.640. The van der Waals surface area contributed by atoms with Crippen LogP contribution in [0.2, 0.25) is 0 Å². The monoisotopic (exact) mass is 460 g/mol. The number of carbonyl (C=O) groups excluding carboxylic acids is 2. The van der Waals surface area contributed by atoms with E-state index in [0.29, 0.717) is 32.5 Å². The summed E-state index contributed by atoms with van der Waals surface area (Å²) in [6.07, 6.45) is 1.98. The molecule has 2 aliphatic heterocycles. The van der Waals surface area contributed by atoms with Gasteiger partial charge in [-0.25, -0.2) is 17.6 Å². The molecule has 2 aliphatic rings. The number of benzene rings is 2. The Balaban J connectivity index is 1.50. The number of amides is 1. The van der Waals surface area contributed by atoms with Crippen LogP contribution >= 0.6 is 0 Å². The second kappa shape index (κ2) is 8.99. The fraction of sp³-hybridized carbons (Fsp3) is 0.391. The van der Waals surface area contributed by atoms with Gasteiger partial charge in [-0.15, -0.1) is 0 Å². The van der Waals surface area contributed by atoms with Crippen molar-refractivity contribution < 1.29 is 27.1 Å². The number of nitrogens with zero attached hydrogens (tertiary/aromatic N) is 2. The van der Waals surface area contributed by atoms with E-state index < -0.39 is 32.8 Å². The van der Waals surface area contributed by atoms with E-state index >= 15 is 0 Å². The van der Waals surface area contributed by atoms with Crippen molar-refractivity contribution in [3.05, 3.63) is 59.4 Å². The van der Waals surface area contributed by atoms with Gasteiger partial charge in [0.15, 0.2) is 6.10 Å². The molecule has 1 atom stereocenters. The summed E-state index contributed by atoms with van der Waals surface area (Å²) in [7, 11) is -4.06. The molecule has 0 aromatic heterocycles. The van der Waals surface area contributed by atoms with E-state index in [1.807, 2.05) is 24.3 Å². The molecule has 0 saturated carbocycles. The van der Waals surface area contributed by atoms with Crippen molar-refractivity contribution in [2.24, 2.45) is 0 Å². The van der Waals surface area contributed by atoms with Crippen LogP contribution in [0, 0.1) is 5.82 Å². The summed E-state index contributed by atoms with van der Waals surface area (Å²) >= 11 is 0. The fourth-order valence-electron chi connectivity index (χ4n) is 4.14. The smallest absolute Gasteiger partial charge is 0.338 e. The number of rotatable bonds is 5. The second-order valence-electron chi connectivity index (χ2n) is 8.03. The molecule has 1 fully saturated rings. The number of fused-ring (bicyclic) bond motifs is 1. The van der Waals surface area contributed by atoms with Crippen LogP contribution in [-0.4, -0.2) is 50.3 Å². The van der Waals surface area contributed by atoms with Crippen molar-refractivity contribution in [1.82, 2.24) is 4.31 Å². The van der Waals surface area contributed by atoms with Crippen molar-refractivity contribution >= 4 is 27.6 Å². The van der Waals surface area contributed by atoms with Crippen molar-refractivity contribution in [2.75, 3.05) is 24.5 Å². The summed E-state index contributed by atoms with van der Waals surface area (Å²) in [5, 5.41) is 0. The first-order valence-corrected chi connectivity index (χ1v) is 12.1. The van der Waals surface area contributed by atoms with E-state index in [-0.39, 0.29) is 11.5 Å². The third kappa shape index (κ3) is 4.27. The summed E-state index contributed by atoms with van der Waals surface area (Å²) in [5.74, 6) is -2.18. The lowest BCUT2D eigenvalue weighted by Gasteiger charge is -2.26. The number of sulfonamides is 1. The van der Waals surface area contributed by atoms with E-state index in [1.165, 1.54) is 11.2 Å². The molecule has 170 valence electrons. The zero-order valence-electron chi connectivity index (χ0n) is 17.8. The van der Waals surface area contributed by atoms with Gasteiger partial charge in [-0.2, -0.15) is 4.31 Å². The van der Waals surface area contributed by atoms with Gasteiger partial charge >= 0.3 is 5.97 Å². The maximum absolute atomic E-state index is 14.4. The highest BCUT2D eigenvalue weighted by Gasteiger charge is 2.32. The number of halogens is 1. The standard InChI is InChI=1S/C23H25FN2O5S/c1-16(22(27)26-14-11-17-7-3-4-8-20(17)26)31-23(28)18-9-10-19(24)21(15-18)32(29,30)25-12-5-2-6-13-25/h3-4,7-10,15-16H,2,5-6,11-14H2,1H3/t16-/m0/s1. The Morgan fingerprint density at radius 3 is 2.50 bits per heavy atom. The lowest BCUT2D eigenvalue weighted by molar-refractivity contribution is -0.126. The molecule has 2 aromatic carbocycles. The molecule has 2 heterocycles. The first-order chi connectivity index (χ1) is 15.3. The largest absolute Gasteiger partial charge is 0.449 e. The molecule has 0 aliphatic carbocycles. The lowest BCUT2D eigenvalue weighted by atomic mass is 10.2. The van der Waals surface area contributed by atoms with Crippen LogP contribution in [0.1, 0.15) is 42.1 Å². The predicted octanol–water partition coefficient (Wildman–Crippen LogP) is 3.13. The molecule has 1 amide bonds. The van der Waals surface area contributed by atoms with Crippen molar-refractivity contribution in [2.45, 2.75) is 43.6 Å². The normalized spacial score (nSPS) is 17.6. The third-order valence-electron chi connectivity index (χ3n) is 5.88. The van der Waals surface area contributed by atoms with Gasteiger partial charge in [-0.1, -0.05) is 24.6 Å². The van der Waals surface area contributed by atoms with E-state index in [4.69, 9.17) is 4.74 Å². The summed E-state index contributed by atoms with van der Waals surface area (Å²) in [6.45, 7) is 2.60. The fourth-order valence-corrected chi connectivity index (χ4v) is 5.75. The predicted molar refractivity (Wildman–Crippen MR) is 116 cm³/mol. The van der Waals surface area contributed by atoms with Gasteiger partial charge in [0, 0.05) is 25.3 Å². The van der Waals surface area contributed by atoms with Crippen LogP contribution < -0.4 is 4.90 Å². The first kappa shape index (κ1) is 22.4. The SMILES string of the molecule is C[C@H](OC(=O)c1ccc(F)c(S(=O)(=O)N2CCCCC2)c1)C(=O)N1CCc2ccccc21. The Morgan fingerprint density at radius 2 is 1.75 bits per heavy atom. The topological polar surface area (TPSA) is 84.0 Å². The number of carbonyl (C=O) groups is 2. The number of hydrogen-bond donors (Lipinski definition) is 0. The molecule has 7 nitrogen and oxygen atoms in total. The highest BCUT2D eigenvalue weighted by molar-refractivity contribution is 7.89.